The van der Waals surface area contributed by atoms with E-state index in [2.05, 4.69) is 16.1 Å². The van der Waals surface area contributed by atoms with E-state index in [9.17, 15) is 4.79 Å². The number of Topliss-reactive ketones (excluding diaryl/α,β-unsaturated/α-hetero) is 1. The molecule has 3 heteroatoms. The molecule has 0 amide bonds. The largest absolute Gasteiger partial charge is 0.342 e. The molecule has 1 saturated heterocycles. The maximum atomic E-state index is 12.4. The maximum absolute atomic E-state index is 12.4. The molecule has 2 heterocycles. The van der Waals surface area contributed by atoms with Crippen molar-refractivity contribution in [2.75, 3.05) is 13.1 Å². The molecule has 0 unspecified atom stereocenters. The van der Waals surface area contributed by atoms with Gasteiger partial charge in [-0.15, -0.1) is 0 Å². The van der Waals surface area contributed by atoms with Crippen molar-refractivity contribution in [2.45, 2.75) is 39.7 Å². The van der Waals surface area contributed by atoms with Gasteiger partial charge in [0.05, 0.1) is 5.69 Å². The number of hydrogen-bond donors (Lipinski definition) is 1. The number of carbonyl (C=O) groups excluding carboxylic acids is 1. The monoisotopic (exact) mass is 234 g/mol. The summed E-state index contributed by atoms with van der Waals surface area (Å²) >= 11 is 0. The van der Waals surface area contributed by atoms with Crippen molar-refractivity contribution in [1.29, 1.82) is 0 Å². The molecule has 3 nitrogen and oxygen atoms in total. The molecule has 1 aromatic heterocycles. The normalized spacial score (nSPS) is 18.3. The van der Waals surface area contributed by atoms with Crippen molar-refractivity contribution in [3.63, 3.8) is 0 Å². The third-order valence-corrected chi connectivity index (χ3v) is 3.39. The predicted octanol–water partition coefficient (Wildman–Crippen LogP) is 2.64. The number of nitrogens with zero attached hydrogens (tertiary/aromatic N) is 1. The van der Waals surface area contributed by atoms with E-state index in [1.807, 2.05) is 32.9 Å². The van der Waals surface area contributed by atoms with Crippen LogP contribution in [-0.4, -0.2) is 23.4 Å². The van der Waals surface area contributed by atoms with Crippen LogP contribution < -0.4 is 5.32 Å². The molecule has 0 saturated carbocycles. The van der Waals surface area contributed by atoms with Gasteiger partial charge in [0, 0.05) is 17.7 Å². The Bertz CT molecular complexity index is 395. The number of hydrogen-bond acceptors (Lipinski definition) is 2. The average molecular weight is 234 g/mol. The summed E-state index contributed by atoms with van der Waals surface area (Å²) in [6.45, 7) is 8.04. The molecule has 1 aliphatic rings. The fourth-order valence-corrected chi connectivity index (χ4v) is 2.37. The maximum Gasteiger partial charge on any atom is 0.184 e. The predicted molar refractivity (Wildman–Crippen MR) is 69.4 cm³/mol. The molecule has 0 atom stereocenters. The lowest BCUT2D eigenvalue weighted by Gasteiger charge is -2.27. The lowest BCUT2D eigenvalue weighted by atomic mass is 9.88. The average Bonchev–Trinajstić information content (AvgIpc) is 2.76. The van der Waals surface area contributed by atoms with E-state index in [0.717, 1.165) is 31.6 Å². The minimum Gasteiger partial charge on any atom is -0.342 e. The van der Waals surface area contributed by atoms with E-state index in [4.69, 9.17) is 0 Å². The highest BCUT2D eigenvalue weighted by Gasteiger charge is 2.27. The van der Waals surface area contributed by atoms with Crippen LogP contribution in [0.25, 0.3) is 0 Å². The van der Waals surface area contributed by atoms with Gasteiger partial charge in [0.2, 0.25) is 0 Å². The van der Waals surface area contributed by atoms with E-state index in [1.165, 1.54) is 0 Å². The zero-order valence-corrected chi connectivity index (χ0v) is 11.0. The highest BCUT2D eigenvalue weighted by Crippen LogP contribution is 2.26. The van der Waals surface area contributed by atoms with Crippen LogP contribution in [0.1, 0.15) is 50.1 Å². The minimum atomic E-state index is -0.303. The number of aromatic nitrogens is 1. The third-order valence-electron chi connectivity index (χ3n) is 3.39. The SMILES string of the molecule is CC(C)(C)C(=O)c1cccn1C1CCNCC1. The highest BCUT2D eigenvalue weighted by molar-refractivity contribution is 5.98. The second kappa shape index (κ2) is 4.65. The van der Waals surface area contributed by atoms with Crippen LogP contribution in [-0.2, 0) is 0 Å². The summed E-state index contributed by atoms with van der Waals surface area (Å²) in [5.41, 5.74) is 0.563. The minimum absolute atomic E-state index is 0.237. The summed E-state index contributed by atoms with van der Waals surface area (Å²) in [4.78, 5) is 12.4. The molecule has 0 aromatic carbocycles. The molecular formula is C14H22N2O. The Kier molecular flexibility index (Phi) is 3.38. The standard InChI is InChI=1S/C14H22N2O/c1-14(2,3)13(17)12-5-4-10-16(12)11-6-8-15-9-7-11/h4-5,10-11,15H,6-9H2,1-3H3. The van der Waals surface area contributed by atoms with Crippen LogP contribution in [0.4, 0.5) is 0 Å². The molecule has 1 aromatic rings. The molecule has 17 heavy (non-hydrogen) atoms. The molecule has 94 valence electrons. The second-order valence-electron chi connectivity index (χ2n) is 5.86. The topological polar surface area (TPSA) is 34.0 Å². The van der Waals surface area contributed by atoms with Crippen molar-refractivity contribution in [3.8, 4) is 0 Å². The Hall–Kier alpha value is -1.09. The van der Waals surface area contributed by atoms with E-state index >= 15 is 0 Å². The van der Waals surface area contributed by atoms with Gasteiger partial charge in [-0.05, 0) is 38.1 Å². The first kappa shape index (κ1) is 12.4. The Balaban J connectivity index is 2.25. The fourth-order valence-electron chi connectivity index (χ4n) is 2.37. The fraction of sp³-hybridized carbons (Fsp3) is 0.643. The summed E-state index contributed by atoms with van der Waals surface area (Å²) in [5.74, 6) is 0.237. The molecular weight excluding hydrogens is 212 g/mol. The second-order valence-corrected chi connectivity index (χ2v) is 5.86. The van der Waals surface area contributed by atoms with Crippen molar-refractivity contribution in [3.05, 3.63) is 24.0 Å². The number of rotatable bonds is 2. The first-order valence-electron chi connectivity index (χ1n) is 6.42. The number of carbonyl (C=O) groups is 1. The Morgan fingerprint density at radius 3 is 2.59 bits per heavy atom. The summed E-state index contributed by atoms with van der Waals surface area (Å²) in [7, 11) is 0. The van der Waals surface area contributed by atoms with Crippen LogP contribution in [0, 0.1) is 5.41 Å². The van der Waals surface area contributed by atoms with Gasteiger partial charge in [0.15, 0.2) is 5.78 Å². The van der Waals surface area contributed by atoms with Crippen LogP contribution in [0.3, 0.4) is 0 Å². The van der Waals surface area contributed by atoms with Gasteiger partial charge in [-0.2, -0.15) is 0 Å². The van der Waals surface area contributed by atoms with Gasteiger partial charge in [-0.25, -0.2) is 0 Å². The lowest BCUT2D eigenvalue weighted by Crippen LogP contribution is -2.31. The summed E-state index contributed by atoms with van der Waals surface area (Å²) < 4.78 is 2.18. The first-order valence-corrected chi connectivity index (χ1v) is 6.42. The number of ketones is 1. The van der Waals surface area contributed by atoms with Gasteiger partial charge < -0.3 is 9.88 Å². The molecule has 0 aliphatic carbocycles. The third kappa shape index (κ3) is 2.60. The molecule has 1 fully saturated rings. The lowest BCUT2D eigenvalue weighted by molar-refractivity contribution is 0.0844. The Labute approximate surface area is 103 Å². The van der Waals surface area contributed by atoms with Crippen LogP contribution in [0.15, 0.2) is 18.3 Å². The zero-order chi connectivity index (χ0) is 12.5. The van der Waals surface area contributed by atoms with Crippen LogP contribution in [0.5, 0.6) is 0 Å². The number of nitrogens with one attached hydrogen (secondary N) is 1. The van der Waals surface area contributed by atoms with Gasteiger partial charge in [0.1, 0.15) is 0 Å². The van der Waals surface area contributed by atoms with Crippen molar-refractivity contribution in [2.24, 2.45) is 5.41 Å². The van der Waals surface area contributed by atoms with E-state index in [-0.39, 0.29) is 11.2 Å². The van der Waals surface area contributed by atoms with Gasteiger partial charge in [0.25, 0.3) is 0 Å². The van der Waals surface area contributed by atoms with Crippen molar-refractivity contribution < 1.29 is 4.79 Å². The van der Waals surface area contributed by atoms with E-state index in [1.54, 1.807) is 0 Å². The quantitative estimate of drug-likeness (QED) is 0.798. The molecule has 0 spiro atoms. The Morgan fingerprint density at radius 2 is 2.00 bits per heavy atom. The summed E-state index contributed by atoms with van der Waals surface area (Å²) in [6.07, 6.45) is 4.27. The van der Waals surface area contributed by atoms with Gasteiger partial charge in [-0.3, -0.25) is 4.79 Å². The van der Waals surface area contributed by atoms with Crippen molar-refractivity contribution in [1.82, 2.24) is 9.88 Å². The molecule has 0 bridgehead atoms. The van der Waals surface area contributed by atoms with Crippen LogP contribution >= 0.6 is 0 Å². The van der Waals surface area contributed by atoms with E-state index < -0.39 is 0 Å². The molecule has 0 radical (unpaired) electrons. The Morgan fingerprint density at radius 1 is 1.35 bits per heavy atom. The highest BCUT2D eigenvalue weighted by atomic mass is 16.1. The summed E-state index contributed by atoms with van der Waals surface area (Å²) in [5, 5.41) is 3.36. The van der Waals surface area contributed by atoms with Crippen LogP contribution in [0.2, 0.25) is 0 Å². The summed E-state index contributed by atoms with van der Waals surface area (Å²) in [6, 6.07) is 4.42. The van der Waals surface area contributed by atoms with Gasteiger partial charge in [-0.1, -0.05) is 20.8 Å². The van der Waals surface area contributed by atoms with E-state index in [0.29, 0.717) is 6.04 Å². The number of piperidine rings is 1. The molecule has 1 N–H and O–H groups in total. The molecule has 1 aliphatic heterocycles. The van der Waals surface area contributed by atoms with Gasteiger partial charge >= 0.3 is 0 Å². The molecule has 2 rings (SSSR count). The first-order chi connectivity index (χ1) is 8.00. The zero-order valence-electron chi connectivity index (χ0n) is 11.0. The smallest absolute Gasteiger partial charge is 0.184 e. The van der Waals surface area contributed by atoms with Crippen molar-refractivity contribution >= 4 is 5.78 Å².